The van der Waals surface area contributed by atoms with Crippen molar-refractivity contribution < 1.29 is 33.8 Å². The third kappa shape index (κ3) is 9.04. The molecule has 8 rings (SSSR count). The van der Waals surface area contributed by atoms with Crippen LogP contribution < -0.4 is 20.1 Å². The summed E-state index contributed by atoms with van der Waals surface area (Å²) < 4.78 is 12.2. The van der Waals surface area contributed by atoms with Crippen LogP contribution in [0, 0.1) is 11.3 Å². The number of nitrogens with one attached hydrogen (secondary N) is 2. The number of halogens is 2. The molecular weight excluding hydrogens is 817 g/mol. The molecule has 3 N–H and O–H groups in total. The van der Waals surface area contributed by atoms with Gasteiger partial charge in [0.2, 0.25) is 12.0 Å². The minimum absolute atomic E-state index is 0.0151. The third-order valence-electron chi connectivity index (χ3n) is 10.5. The summed E-state index contributed by atoms with van der Waals surface area (Å²) in [6, 6.07) is 34.7. The number of carbonyl (C=O) groups excluding carboxylic acids is 3. The average molecular weight is 853 g/mol. The summed E-state index contributed by atoms with van der Waals surface area (Å²) in [6.45, 7) is 0.242. The number of nitrogens with zero attached hydrogens (tertiary/aromatic N) is 3. The minimum atomic E-state index is -1.31. The Kier molecular flexibility index (Phi) is 11.7. The van der Waals surface area contributed by atoms with Gasteiger partial charge >= 0.3 is 5.97 Å². The van der Waals surface area contributed by atoms with Gasteiger partial charge in [-0.1, -0.05) is 83.9 Å². The molecule has 3 amide bonds. The summed E-state index contributed by atoms with van der Waals surface area (Å²) in [5.74, 6) is -1.85. The Bertz CT molecular complexity index is 2690. The van der Waals surface area contributed by atoms with Gasteiger partial charge in [-0.05, 0) is 94.0 Å². The zero-order valence-corrected chi connectivity index (χ0v) is 33.7. The van der Waals surface area contributed by atoms with E-state index in [2.05, 4.69) is 21.7 Å². The first-order valence-corrected chi connectivity index (χ1v) is 19.9. The predicted octanol–water partition coefficient (Wildman–Crippen LogP) is 7.96. The molecule has 6 aromatic rings. The van der Waals surface area contributed by atoms with E-state index in [-0.39, 0.29) is 31.7 Å². The van der Waals surface area contributed by atoms with Gasteiger partial charge < -0.3 is 30.1 Å². The second-order valence-corrected chi connectivity index (χ2v) is 15.4. The first kappa shape index (κ1) is 40.6. The number of aromatic nitrogens is 1. The lowest BCUT2D eigenvalue weighted by Gasteiger charge is -2.37. The molecule has 2 aliphatic heterocycles. The molecule has 0 radical (unpaired) electrons. The molecule has 61 heavy (non-hydrogen) atoms. The molecule has 5 aromatic carbocycles. The summed E-state index contributed by atoms with van der Waals surface area (Å²) in [7, 11) is 0. The molecule has 0 aliphatic carbocycles. The van der Waals surface area contributed by atoms with Gasteiger partial charge in [-0.25, -0.2) is 4.79 Å². The lowest BCUT2D eigenvalue weighted by molar-refractivity contribution is -0.142. The van der Waals surface area contributed by atoms with Crippen molar-refractivity contribution in [2.24, 2.45) is 0 Å². The number of anilines is 1. The van der Waals surface area contributed by atoms with E-state index in [1.807, 2.05) is 30.3 Å². The predicted molar refractivity (Wildman–Crippen MR) is 227 cm³/mol. The highest BCUT2D eigenvalue weighted by atomic mass is 35.5. The Morgan fingerprint density at radius 1 is 0.902 bits per heavy atom. The molecule has 0 fully saturated rings. The van der Waals surface area contributed by atoms with Gasteiger partial charge in [-0.2, -0.15) is 5.26 Å². The van der Waals surface area contributed by atoms with Crippen LogP contribution in [0.4, 0.5) is 5.69 Å². The molecule has 0 saturated heterocycles. The molecule has 0 saturated carbocycles. The molecule has 12 nitrogen and oxygen atoms in total. The van der Waals surface area contributed by atoms with E-state index in [4.69, 9.17) is 37.9 Å². The number of rotatable bonds is 11. The van der Waals surface area contributed by atoms with Crippen LogP contribution in [0.5, 0.6) is 11.5 Å². The van der Waals surface area contributed by atoms with Crippen LogP contribution in [0.25, 0.3) is 11.1 Å². The molecule has 14 heteroatoms. The molecule has 3 atom stereocenters. The molecule has 0 bridgehead atoms. The van der Waals surface area contributed by atoms with E-state index in [0.717, 1.165) is 16.7 Å². The number of ether oxygens (including phenoxy) is 2. The van der Waals surface area contributed by atoms with Gasteiger partial charge in [0, 0.05) is 31.1 Å². The van der Waals surface area contributed by atoms with E-state index < -0.39 is 41.9 Å². The van der Waals surface area contributed by atoms with Gasteiger partial charge in [0.1, 0.15) is 35.9 Å². The van der Waals surface area contributed by atoms with Crippen LogP contribution >= 0.6 is 23.2 Å². The Morgan fingerprint density at radius 3 is 2.30 bits per heavy atom. The fourth-order valence-electron chi connectivity index (χ4n) is 7.30. The number of pyridine rings is 1. The standard InChI is InChI=1S/C47H35Cl2N5O7/c48-36-17-8-29(19-37(36)49)26-60-35-15-13-32(14-16-35)43-45(56)52-39-21-33-22-41(54(25-34(33)23-42(39)61-43)46(57)38-3-1-2-18-51-38)44(55)53-40(47(58)59)20-27-4-9-30(10-5-27)31-11-6-28(24-50)7-12-31/h1-19,21,23,40-41,43H,20,22,25-26H2,(H,52,56)(H,53,55)(H,58,59). The van der Waals surface area contributed by atoms with Crippen molar-refractivity contribution in [2.45, 2.75) is 44.2 Å². The van der Waals surface area contributed by atoms with Crippen LogP contribution in [0.2, 0.25) is 10.0 Å². The maximum absolute atomic E-state index is 14.1. The Hall–Kier alpha value is -7.20. The van der Waals surface area contributed by atoms with Crippen molar-refractivity contribution in [1.82, 2.24) is 15.2 Å². The summed E-state index contributed by atoms with van der Waals surface area (Å²) in [6.07, 6.45) is 0.512. The van der Waals surface area contributed by atoms with Crippen molar-refractivity contribution in [3.63, 3.8) is 0 Å². The SMILES string of the molecule is N#Cc1ccc(-c2ccc(CC(NC(=O)C3Cc4cc5c(cc4CN3C(=O)c3ccccn3)OC(c3ccc(OCc4ccc(Cl)c(Cl)c4)cc3)C(=O)N5)C(=O)O)cc2)cc1. The van der Waals surface area contributed by atoms with Crippen molar-refractivity contribution in [1.29, 1.82) is 5.26 Å². The fourth-order valence-corrected chi connectivity index (χ4v) is 7.62. The number of benzene rings is 5. The Balaban J connectivity index is 0.991. The van der Waals surface area contributed by atoms with Crippen molar-refractivity contribution >= 4 is 52.6 Å². The van der Waals surface area contributed by atoms with Gasteiger partial charge in [0.15, 0.2) is 0 Å². The molecular formula is C47H35Cl2N5O7. The highest BCUT2D eigenvalue weighted by molar-refractivity contribution is 6.42. The molecule has 0 spiro atoms. The lowest BCUT2D eigenvalue weighted by Crippen LogP contribution is -2.56. The average Bonchev–Trinajstić information content (AvgIpc) is 3.28. The summed E-state index contributed by atoms with van der Waals surface area (Å²) >= 11 is 12.1. The summed E-state index contributed by atoms with van der Waals surface area (Å²) in [5, 5.41) is 25.8. The van der Waals surface area contributed by atoms with Crippen LogP contribution in [0.1, 0.15) is 50.0 Å². The molecule has 2 aliphatic rings. The first-order chi connectivity index (χ1) is 29.5. The number of carboxylic acid groups (broad SMARTS) is 1. The van der Waals surface area contributed by atoms with Crippen LogP contribution in [0.3, 0.4) is 0 Å². The monoisotopic (exact) mass is 851 g/mol. The largest absolute Gasteiger partial charge is 0.489 e. The highest BCUT2D eigenvalue weighted by Crippen LogP contribution is 2.40. The molecule has 1 aromatic heterocycles. The van der Waals surface area contributed by atoms with Gasteiger partial charge in [0.25, 0.3) is 11.8 Å². The Morgan fingerprint density at radius 2 is 1.62 bits per heavy atom. The van der Waals surface area contributed by atoms with E-state index in [1.165, 1.54) is 11.1 Å². The fraction of sp³-hybridized carbons (Fsp3) is 0.149. The maximum Gasteiger partial charge on any atom is 0.326 e. The number of hydrogen-bond donors (Lipinski definition) is 3. The van der Waals surface area contributed by atoms with E-state index in [0.29, 0.717) is 55.0 Å². The van der Waals surface area contributed by atoms with Crippen LogP contribution in [-0.2, 0) is 40.4 Å². The topological polar surface area (TPSA) is 171 Å². The van der Waals surface area contributed by atoms with Crippen molar-refractivity contribution in [2.75, 3.05) is 5.32 Å². The number of carboxylic acids is 1. The maximum atomic E-state index is 14.1. The second kappa shape index (κ2) is 17.6. The summed E-state index contributed by atoms with van der Waals surface area (Å²) in [5.41, 5.74) is 6.29. The normalized spacial score (nSPS) is 15.8. The van der Waals surface area contributed by atoms with E-state index >= 15 is 0 Å². The zero-order chi connectivity index (χ0) is 42.6. The number of fused-ring (bicyclic) bond motifs is 2. The highest BCUT2D eigenvalue weighted by Gasteiger charge is 2.39. The third-order valence-corrected chi connectivity index (χ3v) is 11.3. The van der Waals surface area contributed by atoms with Crippen LogP contribution in [-0.4, -0.2) is 50.8 Å². The summed E-state index contributed by atoms with van der Waals surface area (Å²) in [4.78, 5) is 59.7. The van der Waals surface area contributed by atoms with Gasteiger partial charge in [-0.15, -0.1) is 0 Å². The number of nitriles is 1. The minimum Gasteiger partial charge on any atom is -0.489 e. The van der Waals surface area contributed by atoms with Crippen LogP contribution in [0.15, 0.2) is 128 Å². The van der Waals surface area contributed by atoms with Crippen molar-refractivity contribution in [3.8, 4) is 28.7 Å². The van der Waals surface area contributed by atoms with Gasteiger partial charge in [0.05, 0.1) is 27.4 Å². The number of amides is 3. The second-order valence-electron chi connectivity index (χ2n) is 14.6. The quantitative estimate of drug-likeness (QED) is 0.117. The number of hydrogen-bond acceptors (Lipinski definition) is 8. The molecule has 304 valence electrons. The number of carbonyl (C=O) groups is 4. The molecule has 3 heterocycles. The smallest absolute Gasteiger partial charge is 0.326 e. The zero-order valence-electron chi connectivity index (χ0n) is 32.2. The lowest BCUT2D eigenvalue weighted by atomic mass is 9.91. The first-order valence-electron chi connectivity index (χ1n) is 19.2. The molecule has 3 unspecified atom stereocenters. The van der Waals surface area contributed by atoms with Gasteiger partial charge in [-0.3, -0.25) is 19.4 Å². The van der Waals surface area contributed by atoms with E-state index in [9.17, 15) is 24.3 Å². The van der Waals surface area contributed by atoms with Crippen molar-refractivity contribution in [3.05, 3.63) is 177 Å². The Labute approximate surface area is 360 Å². The number of aliphatic carboxylic acids is 1. The van der Waals surface area contributed by atoms with E-state index in [1.54, 1.807) is 91.0 Å².